The monoisotopic (exact) mass is 367 g/mol. The number of hydrogen-bond donors (Lipinski definition) is 2. The summed E-state index contributed by atoms with van der Waals surface area (Å²) in [6, 6.07) is 12.0. The molecule has 1 heterocycles. The summed E-state index contributed by atoms with van der Waals surface area (Å²) in [6.45, 7) is 7.26. The fourth-order valence-corrected chi connectivity index (χ4v) is 3.50. The van der Waals surface area contributed by atoms with Crippen molar-refractivity contribution in [3.8, 4) is 5.75 Å². The number of nitrogen functional groups attached to an aromatic ring is 1. The van der Waals surface area contributed by atoms with Gasteiger partial charge in [-0.2, -0.15) is 0 Å². The van der Waals surface area contributed by atoms with Crippen molar-refractivity contribution in [1.82, 2.24) is 0 Å². The van der Waals surface area contributed by atoms with E-state index in [1.165, 1.54) is 12.0 Å². The second kappa shape index (κ2) is 8.33. The molecule has 3 N–H and O–H groups in total. The van der Waals surface area contributed by atoms with Gasteiger partial charge in [-0.3, -0.25) is 4.79 Å². The van der Waals surface area contributed by atoms with Crippen LogP contribution in [0.4, 0.5) is 17.1 Å². The summed E-state index contributed by atoms with van der Waals surface area (Å²) >= 11 is 0. The maximum atomic E-state index is 12.5. The van der Waals surface area contributed by atoms with Gasteiger partial charge >= 0.3 is 0 Å². The van der Waals surface area contributed by atoms with Crippen LogP contribution in [0.2, 0.25) is 0 Å². The number of aryl methyl sites for hydroxylation is 2. The molecule has 2 aromatic carbocycles. The van der Waals surface area contributed by atoms with Gasteiger partial charge in [0, 0.05) is 18.3 Å². The first-order chi connectivity index (χ1) is 12.9. The lowest BCUT2D eigenvalue weighted by molar-refractivity contribution is -0.118. The van der Waals surface area contributed by atoms with E-state index in [9.17, 15) is 4.79 Å². The van der Waals surface area contributed by atoms with E-state index in [1.54, 1.807) is 0 Å². The van der Waals surface area contributed by atoms with Crippen LogP contribution in [0.15, 0.2) is 36.4 Å². The first-order valence-electron chi connectivity index (χ1n) is 9.60. The van der Waals surface area contributed by atoms with Crippen molar-refractivity contribution in [2.24, 2.45) is 0 Å². The number of piperidine rings is 1. The molecule has 0 unspecified atom stereocenters. The van der Waals surface area contributed by atoms with Crippen molar-refractivity contribution >= 4 is 23.0 Å². The SMILES string of the molecule is Cc1ccc(OCC(=O)Nc2cc(N)ccc2N2CCCC[C@@H]2C)cc1C. The molecule has 1 aliphatic rings. The maximum absolute atomic E-state index is 12.5. The lowest BCUT2D eigenvalue weighted by atomic mass is 10.0. The standard InChI is InChI=1S/C22H29N3O2/c1-15-7-9-19(12-16(15)2)27-14-22(26)24-20-13-18(23)8-10-21(20)25-11-5-4-6-17(25)3/h7-10,12-13,17H,4-6,11,14,23H2,1-3H3,(H,24,26)/t17-/m0/s1. The minimum atomic E-state index is -0.190. The molecule has 144 valence electrons. The summed E-state index contributed by atoms with van der Waals surface area (Å²) in [5, 5.41) is 2.98. The van der Waals surface area contributed by atoms with Crippen LogP contribution in [0, 0.1) is 13.8 Å². The minimum Gasteiger partial charge on any atom is -0.484 e. The Labute approximate surface area is 161 Å². The number of nitrogens with one attached hydrogen (secondary N) is 1. The third-order valence-electron chi connectivity index (χ3n) is 5.26. The lowest BCUT2D eigenvalue weighted by Gasteiger charge is -2.36. The number of nitrogens with two attached hydrogens (primary N) is 1. The molecule has 1 fully saturated rings. The van der Waals surface area contributed by atoms with Crippen molar-refractivity contribution in [1.29, 1.82) is 0 Å². The number of rotatable bonds is 5. The van der Waals surface area contributed by atoms with Gasteiger partial charge < -0.3 is 20.7 Å². The Kier molecular flexibility index (Phi) is 5.89. The molecule has 1 atom stereocenters. The Hall–Kier alpha value is -2.69. The predicted octanol–water partition coefficient (Wildman–Crippen LogP) is 4.28. The Morgan fingerprint density at radius 1 is 1.19 bits per heavy atom. The lowest BCUT2D eigenvalue weighted by Crippen LogP contribution is -2.38. The molecule has 0 radical (unpaired) electrons. The molecule has 0 bridgehead atoms. The number of carbonyl (C=O) groups is 1. The highest BCUT2D eigenvalue weighted by Crippen LogP contribution is 2.33. The smallest absolute Gasteiger partial charge is 0.262 e. The van der Waals surface area contributed by atoms with Crippen LogP contribution in [0.1, 0.15) is 37.3 Å². The van der Waals surface area contributed by atoms with E-state index in [2.05, 4.69) is 24.1 Å². The van der Waals surface area contributed by atoms with Gasteiger partial charge in [-0.25, -0.2) is 0 Å². The molecule has 1 amide bonds. The van der Waals surface area contributed by atoms with Crippen LogP contribution >= 0.6 is 0 Å². The second-order valence-corrected chi connectivity index (χ2v) is 7.40. The molecule has 1 aliphatic heterocycles. The van der Waals surface area contributed by atoms with Crippen LogP contribution in [-0.2, 0) is 4.79 Å². The van der Waals surface area contributed by atoms with E-state index < -0.39 is 0 Å². The van der Waals surface area contributed by atoms with Crippen molar-refractivity contribution in [2.45, 2.75) is 46.1 Å². The van der Waals surface area contributed by atoms with E-state index in [1.807, 2.05) is 43.3 Å². The summed E-state index contributed by atoms with van der Waals surface area (Å²) in [7, 11) is 0. The Morgan fingerprint density at radius 3 is 2.74 bits per heavy atom. The van der Waals surface area contributed by atoms with E-state index in [-0.39, 0.29) is 12.5 Å². The molecule has 0 aliphatic carbocycles. The van der Waals surface area contributed by atoms with Crippen LogP contribution in [0.25, 0.3) is 0 Å². The highest BCUT2D eigenvalue weighted by Gasteiger charge is 2.21. The average molecular weight is 367 g/mol. The third kappa shape index (κ3) is 4.73. The van der Waals surface area contributed by atoms with Gasteiger partial charge in [0.2, 0.25) is 0 Å². The number of benzene rings is 2. The fraction of sp³-hybridized carbons (Fsp3) is 0.409. The number of ether oxygens (including phenoxy) is 1. The maximum Gasteiger partial charge on any atom is 0.262 e. The Balaban J connectivity index is 1.69. The second-order valence-electron chi connectivity index (χ2n) is 7.40. The predicted molar refractivity (Wildman–Crippen MR) is 112 cm³/mol. The summed E-state index contributed by atoms with van der Waals surface area (Å²) in [6.07, 6.45) is 3.57. The number of nitrogens with zero attached hydrogens (tertiary/aromatic N) is 1. The zero-order valence-corrected chi connectivity index (χ0v) is 16.4. The van der Waals surface area contributed by atoms with Gasteiger partial charge in [0.1, 0.15) is 5.75 Å². The fourth-order valence-electron chi connectivity index (χ4n) is 3.50. The van der Waals surface area contributed by atoms with Crippen molar-refractivity contribution in [3.05, 3.63) is 47.5 Å². The quantitative estimate of drug-likeness (QED) is 0.774. The highest BCUT2D eigenvalue weighted by molar-refractivity contribution is 5.96. The Morgan fingerprint density at radius 2 is 2.00 bits per heavy atom. The van der Waals surface area contributed by atoms with Gasteiger partial charge in [-0.15, -0.1) is 0 Å². The number of hydrogen-bond acceptors (Lipinski definition) is 4. The van der Waals surface area contributed by atoms with Crippen LogP contribution in [0.3, 0.4) is 0 Å². The number of anilines is 3. The number of carbonyl (C=O) groups excluding carboxylic acids is 1. The zero-order chi connectivity index (χ0) is 19.4. The van der Waals surface area contributed by atoms with Gasteiger partial charge in [-0.05, 0) is 81.5 Å². The molecular formula is C22H29N3O2. The van der Waals surface area contributed by atoms with Crippen molar-refractivity contribution in [2.75, 3.05) is 29.1 Å². The molecule has 2 aromatic rings. The summed E-state index contributed by atoms with van der Waals surface area (Å²) in [5.74, 6) is 0.510. The largest absolute Gasteiger partial charge is 0.484 e. The number of amides is 1. The molecule has 27 heavy (non-hydrogen) atoms. The summed E-state index contributed by atoms with van der Waals surface area (Å²) in [5.41, 5.74) is 10.7. The van der Waals surface area contributed by atoms with E-state index >= 15 is 0 Å². The Bertz CT molecular complexity index is 819. The van der Waals surface area contributed by atoms with Crippen LogP contribution < -0.4 is 20.7 Å². The molecule has 1 saturated heterocycles. The topological polar surface area (TPSA) is 67.6 Å². The minimum absolute atomic E-state index is 0.0354. The van der Waals surface area contributed by atoms with Crippen LogP contribution in [-0.4, -0.2) is 25.1 Å². The van der Waals surface area contributed by atoms with E-state index in [0.29, 0.717) is 17.5 Å². The first-order valence-corrected chi connectivity index (χ1v) is 9.60. The summed E-state index contributed by atoms with van der Waals surface area (Å²) in [4.78, 5) is 14.8. The normalized spacial score (nSPS) is 16.9. The molecule has 3 rings (SSSR count). The molecular weight excluding hydrogens is 338 g/mol. The molecule has 0 spiro atoms. The van der Waals surface area contributed by atoms with Crippen molar-refractivity contribution < 1.29 is 9.53 Å². The van der Waals surface area contributed by atoms with Gasteiger partial charge in [-0.1, -0.05) is 6.07 Å². The third-order valence-corrected chi connectivity index (χ3v) is 5.26. The van der Waals surface area contributed by atoms with Gasteiger partial charge in [0.15, 0.2) is 6.61 Å². The van der Waals surface area contributed by atoms with Gasteiger partial charge in [0.25, 0.3) is 5.91 Å². The van der Waals surface area contributed by atoms with Crippen molar-refractivity contribution in [3.63, 3.8) is 0 Å². The van der Waals surface area contributed by atoms with Crippen LogP contribution in [0.5, 0.6) is 5.75 Å². The average Bonchev–Trinajstić information content (AvgIpc) is 2.64. The first kappa shape index (κ1) is 19.1. The molecule has 5 heteroatoms. The molecule has 5 nitrogen and oxygen atoms in total. The zero-order valence-electron chi connectivity index (χ0n) is 16.4. The highest BCUT2D eigenvalue weighted by atomic mass is 16.5. The molecule has 0 saturated carbocycles. The van der Waals surface area contributed by atoms with Gasteiger partial charge in [0.05, 0.1) is 11.4 Å². The summed E-state index contributed by atoms with van der Waals surface area (Å²) < 4.78 is 5.66. The van der Waals surface area contributed by atoms with E-state index in [0.717, 1.165) is 36.3 Å². The molecule has 0 aromatic heterocycles. The van der Waals surface area contributed by atoms with E-state index in [4.69, 9.17) is 10.5 Å².